The molecule has 0 bridgehead atoms. The van der Waals surface area contributed by atoms with Crippen molar-refractivity contribution >= 4 is 5.91 Å². The van der Waals surface area contributed by atoms with Crippen molar-refractivity contribution < 1.29 is 9.53 Å². The molecule has 1 fully saturated rings. The third-order valence-electron chi connectivity index (χ3n) is 2.95. The van der Waals surface area contributed by atoms with Crippen LogP contribution in [0.5, 0.6) is 0 Å². The van der Waals surface area contributed by atoms with Crippen molar-refractivity contribution in [3.63, 3.8) is 0 Å². The summed E-state index contributed by atoms with van der Waals surface area (Å²) in [5.74, 6) is 0.303. The van der Waals surface area contributed by atoms with Gasteiger partial charge in [0.1, 0.15) is 5.41 Å². The van der Waals surface area contributed by atoms with Gasteiger partial charge in [-0.2, -0.15) is 5.26 Å². The van der Waals surface area contributed by atoms with Crippen LogP contribution in [0, 0.1) is 22.7 Å². The number of carbonyl (C=O) groups is 1. The van der Waals surface area contributed by atoms with Crippen LogP contribution in [0.15, 0.2) is 0 Å². The topological polar surface area (TPSA) is 53.3 Å². The Labute approximate surface area is 97.2 Å². The molecule has 0 saturated carbocycles. The number of amides is 1. The van der Waals surface area contributed by atoms with E-state index in [1.165, 1.54) is 0 Å². The van der Waals surface area contributed by atoms with Crippen molar-refractivity contribution in [3.8, 4) is 6.07 Å². The monoisotopic (exact) mass is 224 g/mol. The molecule has 16 heavy (non-hydrogen) atoms. The largest absolute Gasteiger partial charge is 0.381 e. The molecule has 90 valence electrons. The molecule has 0 aromatic carbocycles. The van der Waals surface area contributed by atoms with Gasteiger partial charge in [-0.25, -0.2) is 0 Å². The van der Waals surface area contributed by atoms with Crippen LogP contribution < -0.4 is 0 Å². The Balaban J connectivity index is 2.48. The van der Waals surface area contributed by atoms with E-state index < -0.39 is 5.41 Å². The second kappa shape index (κ2) is 5.31. The van der Waals surface area contributed by atoms with Crippen LogP contribution in [-0.2, 0) is 9.53 Å². The first-order valence-electron chi connectivity index (χ1n) is 5.72. The zero-order valence-electron chi connectivity index (χ0n) is 10.3. The summed E-state index contributed by atoms with van der Waals surface area (Å²) in [4.78, 5) is 13.6. The smallest absolute Gasteiger partial charge is 0.242 e. The normalized spacial score (nSPS) is 21.2. The second-order valence-electron chi connectivity index (χ2n) is 5.01. The molecule has 0 spiro atoms. The lowest BCUT2D eigenvalue weighted by Crippen LogP contribution is -2.41. The van der Waals surface area contributed by atoms with E-state index in [2.05, 4.69) is 0 Å². The molecule has 1 unspecified atom stereocenters. The van der Waals surface area contributed by atoms with E-state index >= 15 is 0 Å². The highest BCUT2D eigenvalue weighted by Gasteiger charge is 2.31. The van der Waals surface area contributed by atoms with E-state index in [-0.39, 0.29) is 5.91 Å². The molecule has 1 heterocycles. The molecular formula is C12H20N2O2. The van der Waals surface area contributed by atoms with Crippen molar-refractivity contribution in [2.75, 3.05) is 26.8 Å². The zero-order chi connectivity index (χ0) is 12.2. The maximum Gasteiger partial charge on any atom is 0.242 e. The van der Waals surface area contributed by atoms with E-state index in [0.29, 0.717) is 12.5 Å². The molecule has 1 aliphatic rings. The molecule has 0 aromatic heterocycles. The summed E-state index contributed by atoms with van der Waals surface area (Å²) < 4.78 is 5.37. The van der Waals surface area contributed by atoms with Gasteiger partial charge in [0.15, 0.2) is 0 Å². The summed E-state index contributed by atoms with van der Waals surface area (Å²) in [7, 11) is 1.76. The Morgan fingerprint density at radius 2 is 2.31 bits per heavy atom. The molecule has 0 aliphatic carbocycles. The molecule has 0 aromatic rings. The lowest BCUT2D eigenvalue weighted by molar-refractivity contribution is -0.137. The predicted octanol–water partition coefficient (Wildman–Crippen LogP) is 1.42. The van der Waals surface area contributed by atoms with Gasteiger partial charge in [0, 0.05) is 20.2 Å². The molecular weight excluding hydrogens is 204 g/mol. The lowest BCUT2D eigenvalue weighted by Gasteiger charge is -2.30. The fourth-order valence-electron chi connectivity index (χ4n) is 1.95. The molecule has 1 aliphatic heterocycles. The molecule has 1 saturated heterocycles. The van der Waals surface area contributed by atoms with Crippen molar-refractivity contribution in [1.82, 2.24) is 4.90 Å². The minimum Gasteiger partial charge on any atom is -0.381 e. The van der Waals surface area contributed by atoms with E-state index in [1.54, 1.807) is 25.8 Å². The van der Waals surface area contributed by atoms with E-state index in [9.17, 15) is 4.79 Å². The number of hydrogen-bond acceptors (Lipinski definition) is 3. The minimum absolute atomic E-state index is 0.111. The maximum absolute atomic E-state index is 11.9. The van der Waals surface area contributed by atoms with Crippen molar-refractivity contribution in [2.24, 2.45) is 11.3 Å². The van der Waals surface area contributed by atoms with Crippen molar-refractivity contribution in [2.45, 2.75) is 26.7 Å². The number of hydrogen-bond donors (Lipinski definition) is 0. The number of rotatable bonds is 3. The molecule has 4 heteroatoms. The van der Waals surface area contributed by atoms with Gasteiger partial charge in [0.25, 0.3) is 0 Å². The Kier molecular flexibility index (Phi) is 4.31. The first-order valence-corrected chi connectivity index (χ1v) is 5.72. The highest BCUT2D eigenvalue weighted by atomic mass is 16.5. The molecule has 0 N–H and O–H groups in total. The number of nitriles is 1. The van der Waals surface area contributed by atoms with Gasteiger partial charge in [-0.05, 0) is 32.6 Å². The van der Waals surface area contributed by atoms with Gasteiger partial charge < -0.3 is 9.64 Å². The average molecular weight is 224 g/mol. The van der Waals surface area contributed by atoms with Crippen molar-refractivity contribution in [3.05, 3.63) is 0 Å². The molecule has 1 amide bonds. The molecule has 4 nitrogen and oxygen atoms in total. The fourth-order valence-corrected chi connectivity index (χ4v) is 1.95. The highest BCUT2D eigenvalue weighted by molar-refractivity contribution is 5.84. The van der Waals surface area contributed by atoms with Crippen LogP contribution >= 0.6 is 0 Å². The van der Waals surface area contributed by atoms with Gasteiger partial charge in [-0.1, -0.05) is 0 Å². The summed E-state index contributed by atoms with van der Waals surface area (Å²) in [6.45, 7) is 5.55. The quantitative estimate of drug-likeness (QED) is 0.728. The van der Waals surface area contributed by atoms with Gasteiger partial charge in [-0.3, -0.25) is 4.79 Å². The van der Waals surface area contributed by atoms with Gasteiger partial charge >= 0.3 is 0 Å². The molecule has 0 radical (unpaired) electrons. The van der Waals surface area contributed by atoms with E-state index in [1.807, 2.05) is 6.07 Å². The third kappa shape index (κ3) is 3.21. The Morgan fingerprint density at radius 1 is 1.62 bits per heavy atom. The Morgan fingerprint density at radius 3 is 2.81 bits per heavy atom. The predicted molar refractivity (Wildman–Crippen MR) is 60.6 cm³/mol. The van der Waals surface area contributed by atoms with Crippen LogP contribution in [0.4, 0.5) is 0 Å². The van der Waals surface area contributed by atoms with E-state index in [0.717, 1.165) is 26.1 Å². The number of nitrogens with zero attached hydrogens (tertiary/aromatic N) is 2. The summed E-state index contributed by atoms with van der Waals surface area (Å²) in [6, 6.07) is 2.04. The van der Waals surface area contributed by atoms with Crippen LogP contribution in [0.3, 0.4) is 0 Å². The lowest BCUT2D eigenvalue weighted by atomic mass is 9.93. The van der Waals surface area contributed by atoms with Crippen LogP contribution in [0.25, 0.3) is 0 Å². The van der Waals surface area contributed by atoms with Crippen LogP contribution in [0.2, 0.25) is 0 Å². The second-order valence-corrected chi connectivity index (χ2v) is 5.01. The first-order chi connectivity index (χ1) is 7.47. The van der Waals surface area contributed by atoms with Gasteiger partial charge in [0.05, 0.1) is 12.7 Å². The van der Waals surface area contributed by atoms with Gasteiger partial charge in [-0.15, -0.1) is 0 Å². The average Bonchev–Trinajstić information content (AvgIpc) is 2.29. The summed E-state index contributed by atoms with van der Waals surface area (Å²) in [5, 5.41) is 8.90. The Bertz CT molecular complexity index is 288. The molecule has 1 rings (SSSR count). The standard InChI is InChI=1S/C12H20N2O2/c1-12(2,9-13)11(15)14(3)7-10-5-4-6-16-8-10/h10H,4-8H2,1-3H3. The fraction of sp³-hybridized carbons (Fsp3) is 0.833. The van der Waals surface area contributed by atoms with E-state index in [4.69, 9.17) is 10.00 Å². The van der Waals surface area contributed by atoms with Crippen LogP contribution in [0.1, 0.15) is 26.7 Å². The first kappa shape index (κ1) is 13.0. The Hall–Kier alpha value is -1.08. The van der Waals surface area contributed by atoms with Gasteiger partial charge in [0.2, 0.25) is 5.91 Å². The maximum atomic E-state index is 11.9. The number of ether oxygens (including phenoxy) is 1. The zero-order valence-corrected chi connectivity index (χ0v) is 10.3. The third-order valence-corrected chi connectivity index (χ3v) is 2.95. The minimum atomic E-state index is -0.926. The van der Waals surface area contributed by atoms with Crippen molar-refractivity contribution in [1.29, 1.82) is 5.26 Å². The molecule has 1 atom stereocenters. The highest BCUT2D eigenvalue weighted by Crippen LogP contribution is 2.20. The number of carbonyl (C=O) groups excluding carboxylic acids is 1. The SMILES string of the molecule is CN(CC1CCCOC1)C(=O)C(C)(C)C#N. The summed E-state index contributed by atoms with van der Waals surface area (Å²) in [5.41, 5.74) is -0.926. The summed E-state index contributed by atoms with van der Waals surface area (Å²) in [6.07, 6.45) is 2.17. The summed E-state index contributed by atoms with van der Waals surface area (Å²) >= 11 is 0. The van der Waals surface area contributed by atoms with Crippen LogP contribution in [-0.4, -0.2) is 37.6 Å².